The third kappa shape index (κ3) is 4.86. The molecule has 0 radical (unpaired) electrons. The van der Waals surface area contributed by atoms with Crippen LogP contribution in [0.15, 0.2) is 18.2 Å². The smallest absolute Gasteiger partial charge is 0.102 e. The van der Waals surface area contributed by atoms with Crippen molar-refractivity contribution in [3.05, 3.63) is 34.9 Å². The Morgan fingerprint density at radius 2 is 1.94 bits per heavy atom. The van der Waals surface area contributed by atoms with E-state index in [-0.39, 0.29) is 0 Å². The zero-order valence-corrected chi connectivity index (χ0v) is 10.9. The van der Waals surface area contributed by atoms with E-state index in [4.69, 9.17) is 9.47 Å². The molecule has 0 bridgehead atoms. The van der Waals surface area contributed by atoms with E-state index in [0.717, 1.165) is 12.0 Å². The van der Waals surface area contributed by atoms with Crippen molar-refractivity contribution in [3.63, 3.8) is 0 Å². The van der Waals surface area contributed by atoms with Crippen LogP contribution in [-0.2, 0) is 9.47 Å². The van der Waals surface area contributed by atoms with Crippen LogP contribution in [0.1, 0.15) is 29.2 Å². The van der Waals surface area contributed by atoms with Crippen molar-refractivity contribution in [2.75, 3.05) is 26.9 Å². The van der Waals surface area contributed by atoms with Crippen LogP contribution in [0.2, 0.25) is 0 Å². The first-order valence-electron chi connectivity index (χ1n) is 5.97. The van der Waals surface area contributed by atoms with Crippen LogP contribution in [0.3, 0.4) is 0 Å². The van der Waals surface area contributed by atoms with Gasteiger partial charge >= 0.3 is 0 Å². The van der Waals surface area contributed by atoms with Crippen LogP contribution in [0.5, 0.6) is 0 Å². The molecule has 1 atom stereocenters. The van der Waals surface area contributed by atoms with Crippen molar-refractivity contribution in [2.45, 2.75) is 26.4 Å². The highest BCUT2D eigenvalue weighted by atomic mass is 16.5. The third-order valence-corrected chi connectivity index (χ3v) is 2.83. The van der Waals surface area contributed by atoms with Crippen LogP contribution in [-0.4, -0.2) is 32.0 Å². The molecule has 3 heteroatoms. The maximum Gasteiger partial charge on any atom is 0.102 e. The van der Waals surface area contributed by atoms with E-state index in [1.54, 1.807) is 7.11 Å². The molecule has 0 spiro atoms. The summed E-state index contributed by atoms with van der Waals surface area (Å²) in [5, 5.41) is 9.94. The number of aryl methyl sites for hydroxylation is 2. The van der Waals surface area contributed by atoms with Crippen molar-refractivity contribution in [1.82, 2.24) is 0 Å². The van der Waals surface area contributed by atoms with Crippen molar-refractivity contribution in [2.24, 2.45) is 0 Å². The number of aliphatic hydroxyl groups is 1. The highest BCUT2D eigenvalue weighted by Gasteiger charge is 2.08. The summed E-state index contributed by atoms with van der Waals surface area (Å²) in [6.45, 7) is 5.76. The van der Waals surface area contributed by atoms with Gasteiger partial charge in [-0.2, -0.15) is 0 Å². The van der Waals surface area contributed by atoms with Gasteiger partial charge in [-0.15, -0.1) is 0 Å². The van der Waals surface area contributed by atoms with Crippen LogP contribution < -0.4 is 0 Å². The first kappa shape index (κ1) is 14.2. The van der Waals surface area contributed by atoms with Crippen LogP contribution >= 0.6 is 0 Å². The standard InChI is InChI=1S/C14H22O3/c1-11-5-6-13(9-12(11)2)14(15)10-17-8-4-7-16-3/h5-6,9,14-15H,4,7-8,10H2,1-3H3. The summed E-state index contributed by atoms with van der Waals surface area (Å²) >= 11 is 0. The van der Waals surface area contributed by atoms with E-state index in [1.807, 2.05) is 25.1 Å². The molecular weight excluding hydrogens is 216 g/mol. The van der Waals surface area contributed by atoms with Crippen molar-refractivity contribution >= 4 is 0 Å². The summed E-state index contributed by atoms with van der Waals surface area (Å²) in [6.07, 6.45) is 0.313. The Bertz CT molecular complexity index is 336. The van der Waals surface area contributed by atoms with Gasteiger partial charge in [-0.3, -0.25) is 0 Å². The molecule has 0 saturated heterocycles. The Kier molecular flexibility index (Phi) is 6.19. The zero-order chi connectivity index (χ0) is 12.7. The predicted molar refractivity (Wildman–Crippen MR) is 68.2 cm³/mol. The van der Waals surface area contributed by atoms with Crippen LogP contribution in [0, 0.1) is 13.8 Å². The van der Waals surface area contributed by atoms with Gasteiger partial charge in [0.15, 0.2) is 0 Å². The monoisotopic (exact) mass is 238 g/mol. The lowest BCUT2D eigenvalue weighted by atomic mass is 10.0. The second-order valence-corrected chi connectivity index (χ2v) is 4.28. The summed E-state index contributed by atoms with van der Waals surface area (Å²) < 4.78 is 10.3. The molecule has 0 aromatic heterocycles. The summed E-state index contributed by atoms with van der Waals surface area (Å²) in [4.78, 5) is 0. The van der Waals surface area contributed by atoms with Gasteiger partial charge in [-0.05, 0) is 37.0 Å². The Balaban J connectivity index is 2.36. The van der Waals surface area contributed by atoms with E-state index in [0.29, 0.717) is 19.8 Å². The summed E-state index contributed by atoms with van der Waals surface area (Å²) in [6, 6.07) is 5.99. The Hall–Kier alpha value is -0.900. The van der Waals surface area contributed by atoms with Gasteiger partial charge < -0.3 is 14.6 Å². The van der Waals surface area contributed by atoms with Crippen LogP contribution in [0.25, 0.3) is 0 Å². The van der Waals surface area contributed by atoms with Gasteiger partial charge in [0.1, 0.15) is 6.10 Å². The number of methoxy groups -OCH3 is 1. The molecule has 96 valence electrons. The highest BCUT2D eigenvalue weighted by Crippen LogP contribution is 2.17. The average Bonchev–Trinajstić information content (AvgIpc) is 2.32. The molecule has 0 saturated carbocycles. The summed E-state index contributed by atoms with van der Waals surface area (Å²) in [5.74, 6) is 0. The molecule has 1 rings (SSSR count). The van der Waals surface area contributed by atoms with E-state index in [1.165, 1.54) is 11.1 Å². The molecule has 17 heavy (non-hydrogen) atoms. The third-order valence-electron chi connectivity index (χ3n) is 2.83. The number of rotatable bonds is 7. The molecule has 0 aliphatic rings. The molecule has 1 unspecified atom stereocenters. The first-order valence-corrected chi connectivity index (χ1v) is 5.97. The quantitative estimate of drug-likeness (QED) is 0.741. The van der Waals surface area contributed by atoms with Crippen LogP contribution in [0.4, 0.5) is 0 Å². The molecule has 1 N–H and O–H groups in total. The molecule has 3 nitrogen and oxygen atoms in total. The average molecular weight is 238 g/mol. The molecule has 1 aromatic rings. The molecular formula is C14H22O3. The fourth-order valence-electron chi connectivity index (χ4n) is 1.57. The number of aliphatic hydroxyl groups excluding tert-OH is 1. The number of hydrogen-bond acceptors (Lipinski definition) is 3. The van der Waals surface area contributed by atoms with Gasteiger partial charge in [0.05, 0.1) is 6.61 Å². The van der Waals surface area contributed by atoms with E-state index in [2.05, 4.69) is 6.92 Å². The van der Waals surface area contributed by atoms with E-state index >= 15 is 0 Å². The van der Waals surface area contributed by atoms with Gasteiger partial charge in [0.2, 0.25) is 0 Å². The molecule has 0 aliphatic carbocycles. The van der Waals surface area contributed by atoms with Crippen molar-refractivity contribution in [3.8, 4) is 0 Å². The molecule has 0 fully saturated rings. The molecule has 1 aromatic carbocycles. The van der Waals surface area contributed by atoms with Gasteiger partial charge in [0.25, 0.3) is 0 Å². The van der Waals surface area contributed by atoms with Gasteiger partial charge in [-0.1, -0.05) is 18.2 Å². The Morgan fingerprint density at radius 1 is 1.18 bits per heavy atom. The number of benzene rings is 1. The molecule has 0 heterocycles. The minimum absolute atomic E-state index is 0.339. The molecule has 0 aliphatic heterocycles. The van der Waals surface area contributed by atoms with Gasteiger partial charge in [0, 0.05) is 20.3 Å². The minimum Gasteiger partial charge on any atom is -0.386 e. The second kappa shape index (κ2) is 7.43. The largest absolute Gasteiger partial charge is 0.386 e. The summed E-state index contributed by atoms with van der Waals surface area (Å²) in [7, 11) is 1.67. The van der Waals surface area contributed by atoms with E-state index < -0.39 is 6.10 Å². The number of ether oxygens (including phenoxy) is 2. The lowest BCUT2D eigenvalue weighted by molar-refractivity contribution is 0.0279. The lowest BCUT2D eigenvalue weighted by Gasteiger charge is -2.13. The normalized spacial score (nSPS) is 12.7. The number of hydrogen-bond donors (Lipinski definition) is 1. The maximum atomic E-state index is 9.94. The Morgan fingerprint density at radius 3 is 2.59 bits per heavy atom. The van der Waals surface area contributed by atoms with Crippen molar-refractivity contribution < 1.29 is 14.6 Å². The molecule has 0 amide bonds. The Labute approximate surface area is 103 Å². The lowest BCUT2D eigenvalue weighted by Crippen LogP contribution is -2.09. The highest BCUT2D eigenvalue weighted by molar-refractivity contribution is 5.31. The summed E-state index contributed by atoms with van der Waals surface area (Å²) in [5.41, 5.74) is 3.35. The first-order chi connectivity index (χ1) is 8.15. The van der Waals surface area contributed by atoms with Gasteiger partial charge in [-0.25, -0.2) is 0 Å². The van der Waals surface area contributed by atoms with Crippen molar-refractivity contribution in [1.29, 1.82) is 0 Å². The minimum atomic E-state index is -0.545. The van der Waals surface area contributed by atoms with E-state index in [9.17, 15) is 5.11 Å². The fourth-order valence-corrected chi connectivity index (χ4v) is 1.57. The maximum absolute atomic E-state index is 9.94. The topological polar surface area (TPSA) is 38.7 Å². The predicted octanol–water partition coefficient (Wildman–Crippen LogP) is 2.39. The SMILES string of the molecule is COCCCOCC(O)c1ccc(C)c(C)c1. The second-order valence-electron chi connectivity index (χ2n) is 4.28. The zero-order valence-electron chi connectivity index (χ0n) is 10.9. The fraction of sp³-hybridized carbons (Fsp3) is 0.571.